The molecule has 9 heteroatoms. The monoisotopic (exact) mass is 426 g/mol. The molecule has 0 radical (unpaired) electrons. The maximum Gasteiger partial charge on any atom is 0.219 e. The van der Waals surface area contributed by atoms with E-state index >= 15 is 4.39 Å². The van der Waals surface area contributed by atoms with Gasteiger partial charge in [0.2, 0.25) is 5.91 Å². The van der Waals surface area contributed by atoms with Crippen molar-refractivity contribution in [2.75, 3.05) is 32.1 Å². The number of fused-ring (bicyclic) bond motifs is 1. The van der Waals surface area contributed by atoms with Crippen LogP contribution >= 0.6 is 0 Å². The molecule has 4 rings (SSSR count). The number of carbonyl (C=O) groups excluding carboxylic acids is 1. The fourth-order valence-corrected chi connectivity index (χ4v) is 4.15. The standard InChI is InChI=1S/C22H27FN6O2/c1-14(30)28-8-6-20-18(12-28)22(27-29(20)16-7-9-31-13-16)26-19-5-3-4-17(21(19)23)15(10-24)11-25-2/h3-5,10-11,16H,6-9,12-13,24H2,1-2H3,(H,26,27). The maximum absolute atomic E-state index is 15.3. The van der Waals surface area contributed by atoms with Crippen LogP contribution in [0.15, 0.2) is 29.4 Å². The molecule has 1 amide bonds. The number of anilines is 2. The quantitative estimate of drug-likeness (QED) is 0.717. The van der Waals surface area contributed by atoms with Crippen LogP contribution in [0.25, 0.3) is 5.57 Å². The van der Waals surface area contributed by atoms with E-state index < -0.39 is 5.82 Å². The Hall–Kier alpha value is -3.20. The van der Waals surface area contributed by atoms with Crippen molar-refractivity contribution in [3.05, 3.63) is 47.0 Å². The summed E-state index contributed by atoms with van der Waals surface area (Å²) in [4.78, 5) is 17.7. The molecule has 1 aromatic heterocycles. The number of benzene rings is 1. The van der Waals surface area contributed by atoms with E-state index in [1.807, 2.05) is 4.68 Å². The molecule has 164 valence electrons. The number of hydrogen-bond acceptors (Lipinski definition) is 6. The predicted molar refractivity (Wildman–Crippen MR) is 118 cm³/mol. The molecule has 0 aliphatic carbocycles. The van der Waals surface area contributed by atoms with E-state index in [1.165, 1.54) is 12.4 Å². The van der Waals surface area contributed by atoms with Crippen LogP contribution in [-0.2, 0) is 22.5 Å². The minimum atomic E-state index is -0.439. The van der Waals surface area contributed by atoms with E-state index in [-0.39, 0.29) is 17.6 Å². The maximum atomic E-state index is 15.3. The van der Waals surface area contributed by atoms with Crippen molar-refractivity contribution in [1.29, 1.82) is 0 Å². The highest BCUT2D eigenvalue weighted by Crippen LogP contribution is 2.34. The summed E-state index contributed by atoms with van der Waals surface area (Å²) in [5, 5.41) is 7.96. The number of nitrogens with two attached hydrogens (primary N) is 1. The van der Waals surface area contributed by atoms with Gasteiger partial charge in [-0.15, -0.1) is 0 Å². The van der Waals surface area contributed by atoms with Crippen molar-refractivity contribution in [2.24, 2.45) is 10.7 Å². The van der Waals surface area contributed by atoms with Crippen LogP contribution in [-0.4, -0.2) is 53.6 Å². The van der Waals surface area contributed by atoms with E-state index in [1.54, 1.807) is 37.1 Å². The number of hydrogen-bond donors (Lipinski definition) is 2. The molecule has 1 saturated heterocycles. The Morgan fingerprint density at radius 3 is 2.97 bits per heavy atom. The molecule has 1 atom stereocenters. The largest absolute Gasteiger partial charge is 0.404 e. The third-order valence-corrected chi connectivity index (χ3v) is 5.79. The molecule has 3 heterocycles. The van der Waals surface area contributed by atoms with Gasteiger partial charge in [0.15, 0.2) is 11.6 Å². The van der Waals surface area contributed by atoms with Gasteiger partial charge in [0.05, 0.1) is 24.9 Å². The van der Waals surface area contributed by atoms with E-state index in [4.69, 9.17) is 15.6 Å². The molecule has 1 aromatic carbocycles. The molecule has 31 heavy (non-hydrogen) atoms. The van der Waals surface area contributed by atoms with E-state index in [0.29, 0.717) is 49.7 Å². The summed E-state index contributed by atoms with van der Waals surface area (Å²) in [6, 6.07) is 5.22. The van der Waals surface area contributed by atoms with Gasteiger partial charge in [-0.25, -0.2) is 4.39 Å². The smallest absolute Gasteiger partial charge is 0.219 e. The molecule has 2 aliphatic heterocycles. The number of aromatic nitrogens is 2. The summed E-state index contributed by atoms with van der Waals surface area (Å²) in [6.07, 6.45) is 4.44. The van der Waals surface area contributed by atoms with Crippen molar-refractivity contribution >= 4 is 29.2 Å². The Morgan fingerprint density at radius 1 is 1.45 bits per heavy atom. The Morgan fingerprint density at radius 2 is 2.29 bits per heavy atom. The first-order valence-electron chi connectivity index (χ1n) is 10.4. The minimum Gasteiger partial charge on any atom is -0.404 e. The minimum absolute atomic E-state index is 0.0123. The molecular formula is C22H27FN6O2. The highest BCUT2D eigenvalue weighted by atomic mass is 19.1. The molecule has 2 aliphatic rings. The number of aliphatic imine (C=N–C) groups is 1. The second-order valence-electron chi connectivity index (χ2n) is 7.73. The zero-order chi connectivity index (χ0) is 22.0. The Bertz CT molecular complexity index is 1040. The van der Waals surface area contributed by atoms with Crippen LogP contribution in [0.4, 0.5) is 15.9 Å². The first kappa shape index (κ1) is 21.0. The van der Waals surface area contributed by atoms with Crippen LogP contribution in [0.5, 0.6) is 0 Å². The van der Waals surface area contributed by atoms with Gasteiger partial charge in [0, 0.05) is 68.4 Å². The number of nitrogens with zero attached hydrogens (tertiary/aromatic N) is 4. The summed E-state index contributed by atoms with van der Waals surface area (Å²) in [7, 11) is 1.61. The highest BCUT2D eigenvalue weighted by Gasteiger charge is 2.30. The van der Waals surface area contributed by atoms with Crippen LogP contribution in [0.2, 0.25) is 0 Å². The lowest BCUT2D eigenvalue weighted by molar-refractivity contribution is -0.129. The van der Waals surface area contributed by atoms with Crippen LogP contribution < -0.4 is 11.1 Å². The van der Waals surface area contributed by atoms with Crippen molar-refractivity contribution in [2.45, 2.75) is 32.4 Å². The van der Waals surface area contributed by atoms with Crippen molar-refractivity contribution in [3.63, 3.8) is 0 Å². The van der Waals surface area contributed by atoms with Crippen molar-refractivity contribution in [3.8, 4) is 0 Å². The van der Waals surface area contributed by atoms with Crippen molar-refractivity contribution in [1.82, 2.24) is 14.7 Å². The van der Waals surface area contributed by atoms with Gasteiger partial charge >= 0.3 is 0 Å². The Labute approximate surface area is 180 Å². The van der Waals surface area contributed by atoms with E-state index in [2.05, 4.69) is 10.3 Å². The molecular weight excluding hydrogens is 399 g/mol. The summed E-state index contributed by atoms with van der Waals surface area (Å²) in [6.45, 7) is 3.96. The number of nitrogens with one attached hydrogen (secondary N) is 1. The number of ether oxygens (including phenoxy) is 1. The average Bonchev–Trinajstić information content (AvgIpc) is 3.41. The molecule has 8 nitrogen and oxygen atoms in total. The summed E-state index contributed by atoms with van der Waals surface area (Å²) in [5.74, 6) is 0.135. The van der Waals surface area contributed by atoms with Gasteiger partial charge in [-0.05, 0) is 12.5 Å². The van der Waals surface area contributed by atoms with Gasteiger partial charge in [-0.2, -0.15) is 5.10 Å². The second-order valence-corrected chi connectivity index (χ2v) is 7.73. The molecule has 0 spiro atoms. The number of halogens is 1. The van der Waals surface area contributed by atoms with Crippen molar-refractivity contribution < 1.29 is 13.9 Å². The molecule has 2 aromatic rings. The number of carbonyl (C=O) groups is 1. The Kier molecular flexibility index (Phi) is 6.03. The fourth-order valence-electron chi connectivity index (χ4n) is 4.15. The lowest BCUT2D eigenvalue weighted by Gasteiger charge is -2.27. The van der Waals surface area contributed by atoms with Gasteiger partial charge in [0.25, 0.3) is 0 Å². The SMILES string of the molecule is CN=CC(=CN)c1cccc(Nc2nn(C3CCOC3)c3c2CN(C(C)=O)CC3)c1F. The zero-order valence-corrected chi connectivity index (χ0v) is 17.8. The average molecular weight is 426 g/mol. The summed E-state index contributed by atoms with van der Waals surface area (Å²) >= 11 is 0. The highest BCUT2D eigenvalue weighted by molar-refractivity contribution is 6.10. The molecule has 1 unspecified atom stereocenters. The van der Waals surface area contributed by atoms with Crippen LogP contribution in [0.1, 0.15) is 36.2 Å². The molecule has 1 fully saturated rings. The van der Waals surface area contributed by atoms with Crippen LogP contribution in [0.3, 0.4) is 0 Å². The normalized spacial score (nSPS) is 19.1. The number of allylic oxidation sites excluding steroid dienone is 1. The van der Waals surface area contributed by atoms with Crippen LogP contribution in [0, 0.1) is 5.82 Å². The summed E-state index contributed by atoms with van der Waals surface area (Å²) < 4.78 is 22.9. The number of rotatable bonds is 5. The second kappa shape index (κ2) is 8.89. The Balaban J connectivity index is 1.73. The first-order valence-corrected chi connectivity index (χ1v) is 10.4. The molecule has 3 N–H and O–H groups in total. The van der Waals surface area contributed by atoms with Gasteiger partial charge < -0.3 is 20.7 Å². The number of amides is 1. The third kappa shape index (κ3) is 4.05. The summed E-state index contributed by atoms with van der Waals surface area (Å²) in [5.41, 5.74) is 8.79. The molecule has 0 bridgehead atoms. The van der Waals surface area contributed by atoms with E-state index in [0.717, 1.165) is 17.7 Å². The van der Waals surface area contributed by atoms with Gasteiger partial charge in [0.1, 0.15) is 0 Å². The topological polar surface area (TPSA) is 97.8 Å². The van der Waals surface area contributed by atoms with E-state index in [9.17, 15) is 4.79 Å². The fraction of sp³-hybridized carbons (Fsp3) is 0.409. The third-order valence-electron chi connectivity index (χ3n) is 5.79. The lowest BCUT2D eigenvalue weighted by Crippen LogP contribution is -2.35. The van der Waals surface area contributed by atoms with Gasteiger partial charge in [-0.3, -0.25) is 14.5 Å². The first-order chi connectivity index (χ1) is 15.0. The zero-order valence-electron chi connectivity index (χ0n) is 17.8. The lowest BCUT2D eigenvalue weighted by atomic mass is 10.0. The predicted octanol–water partition coefficient (Wildman–Crippen LogP) is 2.63. The molecule has 0 saturated carbocycles. The van der Waals surface area contributed by atoms with Gasteiger partial charge in [-0.1, -0.05) is 12.1 Å².